The van der Waals surface area contributed by atoms with Gasteiger partial charge in [-0.3, -0.25) is 9.59 Å². The third-order valence-corrected chi connectivity index (χ3v) is 15.2. The van der Waals surface area contributed by atoms with Crippen molar-refractivity contribution in [3.05, 3.63) is 155 Å². The Morgan fingerprint density at radius 3 is 1.38 bits per heavy atom. The van der Waals surface area contributed by atoms with Crippen LogP contribution in [0.5, 0.6) is 34.5 Å². The quantitative estimate of drug-likeness (QED) is 0.0222. The van der Waals surface area contributed by atoms with E-state index in [4.69, 9.17) is 92.2 Å². The fourth-order valence-electron chi connectivity index (χ4n) is 9.16. The average Bonchev–Trinajstić information content (AvgIpc) is 1.90. The van der Waals surface area contributed by atoms with E-state index in [2.05, 4.69) is 93.5 Å². The van der Waals surface area contributed by atoms with Gasteiger partial charge in [0.15, 0.2) is 0 Å². The zero-order valence-electron chi connectivity index (χ0n) is 49.2. The van der Waals surface area contributed by atoms with Crippen LogP contribution in [0.1, 0.15) is 12.8 Å². The summed E-state index contributed by atoms with van der Waals surface area (Å²) in [6.45, 7) is 10.4. The summed E-state index contributed by atoms with van der Waals surface area (Å²) in [4.78, 5) is 52.9. The zero-order chi connectivity index (χ0) is 63.7. The monoisotopic (exact) mass is 1310 g/mol. The first-order chi connectivity index (χ1) is 42.9. The summed E-state index contributed by atoms with van der Waals surface area (Å²) in [5, 5.41) is 16.4. The van der Waals surface area contributed by atoms with Crippen molar-refractivity contribution in [1.29, 1.82) is 0 Å². The molecule has 2 saturated heterocycles. The largest absolute Gasteiger partial charge is 0.495 e. The van der Waals surface area contributed by atoms with Crippen LogP contribution in [-0.4, -0.2) is 132 Å². The molecule has 4 aromatic heterocycles. The summed E-state index contributed by atoms with van der Waals surface area (Å²) < 4.78 is 33.8. The van der Waals surface area contributed by atoms with Crippen LogP contribution in [0, 0.1) is 0 Å². The lowest BCUT2D eigenvalue weighted by molar-refractivity contribution is -0.112. The SMILES string of the molecule is C=CC(=O)Cl.C=CC(=O)Nc1cc(OC2CCN(C)C2)ccc1Nc1cc(-c2cccnc2Nc2c(Cl)c(OC)cc(OC)c2Cl)ncn1.COc1cc(OC)c(Cl)c(Nc2ncccc2-c2cc(Nc3ccc(OC4CCN(C)C4)cc3N)ncn2)c1Cl. The van der Waals surface area contributed by atoms with E-state index in [9.17, 15) is 9.59 Å². The van der Waals surface area contributed by atoms with Gasteiger partial charge < -0.3 is 70.5 Å². The van der Waals surface area contributed by atoms with Crippen molar-refractivity contribution in [3.63, 3.8) is 0 Å². The first-order valence-corrected chi connectivity index (χ1v) is 29.1. The normalized spacial score (nSPS) is 14.3. The second-order valence-corrected chi connectivity index (χ2v) is 21.6. The molecule has 2 unspecified atom stereocenters. The Hall–Kier alpha value is -8.87. The number of benzene rings is 4. The Morgan fingerprint density at radius 1 is 0.562 bits per heavy atom. The van der Waals surface area contributed by atoms with E-state index in [1.54, 1.807) is 48.8 Å². The summed E-state index contributed by atoms with van der Waals surface area (Å²) in [6.07, 6.45) is 10.6. The number of anilines is 10. The van der Waals surface area contributed by atoms with Gasteiger partial charge in [0.25, 0.3) is 0 Å². The van der Waals surface area contributed by atoms with Gasteiger partial charge in [-0.15, -0.1) is 0 Å². The van der Waals surface area contributed by atoms with Crippen LogP contribution in [0.25, 0.3) is 22.5 Å². The molecule has 2 aliphatic heterocycles. The maximum atomic E-state index is 12.3. The summed E-state index contributed by atoms with van der Waals surface area (Å²) in [5.41, 5.74) is 12.0. The highest BCUT2D eigenvalue weighted by atomic mass is 35.5. The molecule has 27 heteroatoms. The fourth-order valence-corrected chi connectivity index (χ4v) is 10.4. The molecule has 4 aromatic carbocycles. The number of nitrogens with one attached hydrogen (secondary N) is 5. The van der Waals surface area contributed by atoms with Gasteiger partial charge in [-0.2, -0.15) is 0 Å². The number of hydrogen-bond acceptors (Lipinski definition) is 21. The highest BCUT2D eigenvalue weighted by molar-refractivity contribution is 6.66. The molecule has 2 fully saturated rings. The number of aromatic nitrogens is 6. The van der Waals surface area contributed by atoms with Crippen LogP contribution in [0.3, 0.4) is 0 Å². The third kappa shape index (κ3) is 17.3. The molecule has 89 heavy (non-hydrogen) atoms. The molecule has 0 spiro atoms. The highest BCUT2D eigenvalue weighted by Gasteiger charge is 2.25. The summed E-state index contributed by atoms with van der Waals surface area (Å²) in [7, 11) is 10.2. The molecule has 2 aliphatic rings. The van der Waals surface area contributed by atoms with Crippen LogP contribution in [0.2, 0.25) is 20.1 Å². The van der Waals surface area contributed by atoms with E-state index in [1.807, 2.05) is 48.5 Å². The van der Waals surface area contributed by atoms with E-state index >= 15 is 0 Å². The third-order valence-electron chi connectivity index (χ3n) is 13.6. The van der Waals surface area contributed by atoms with E-state index < -0.39 is 5.24 Å². The van der Waals surface area contributed by atoms with Crippen molar-refractivity contribution < 1.29 is 38.0 Å². The number of likely N-dealkylation sites (tertiary alicyclic amines) is 2. The number of carbonyl (C=O) groups excluding carboxylic acids is 2. The second kappa shape index (κ2) is 31.3. The average molecular weight is 1310 g/mol. The number of rotatable bonds is 21. The van der Waals surface area contributed by atoms with Crippen molar-refractivity contribution in [2.45, 2.75) is 25.0 Å². The molecule has 10 rings (SSSR count). The number of amides is 1. The minimum Gasteiger partial charge on any atom is -0.495 e. The topological polar surface area (TPSA) is 260 Å². The molecule has 8 aromatic rings. The molecule has 7 N–H and O–H groups in total. The Balaban J connectivity index is 0.000000215. The van der Waals surface area contributed by atoms with Gasteiger partial charge in [0, 0.05) is 86.1 Å². The number of pyridine rings is 2. The molecule has 0 bridgehead atoms. The first-order valence-electron chi connectivity index (χ1n) is 27.2. The molecule has 0 saturated carbocycles. The Kier molecular flexibility index (Phi) is 23.3. The predicted octanol–water partition coefficient (Wildman–Crippen LogP) is 13.5. The molecular formula is C62H63Cl5N14O8. The smallest absolute Gasteiger partial charge is 0.247 e. The molecule has 1 amide bonds. The van der Waals surface area contributed by atoms with Crippen molar-refractivity contribution in [2.75, 3.05) is 101 Å². The van der Waals surface area contributed by atoms with Gasteiger partial charge in [0.05, 0.1) is 74.0 Å². The standard InChI is InChI=1S/C31H31Cl2N7O4.C28H29Cl2N7O3.C3H3ClO/c1-5-27(41)38-23-13-18(44-19-10-12-40(2)16-19)8-9-21(23)37-26-14-22(35-17-36-26)20-7-6-11-34-31(20)39-30-28(32)24(42-3)15-25(43-4)29(30)33;1-37-10-8-17(14-37)40-16-6-7-20(19(31)11-16)35-24-12-21(33-15-34-24)18-5-4-9-32-28(18)36-27-25(29)22(38-2)13-23(39-3)26(27)30;1-2-3(4)5/h5-9,11,13-15,17,19H,1,10,12,16H2,2-4H3,(H,34,39)(H,38,41)(H,35,36,37);4-7,9,11-13,15,17H,8,10,14,31H2,1-3H3,(H,32,36)(H,33,34,35);2H,1H2. The fraction of sp³-hybridized carbons (Fsp3) is 0.226. The summed E-state index contributed by atoms with van der Waals surface area (Å²) in [5.74, 6) is 4.55. The van der Waals surface area contributed by atoms with Gasteiger partial charge in [0.2, 0.25) is 11.1 Å². The Labute approximate surface area is 539 Å². The number of hydrogen-bond donors (Lipinski definition) is 6. The number of nitrogen functional groups attached to an aromatic ring is 1. The molecule has 22 nitrogen and oxygen atoms in total. The zero-order valence-corrected chi connectivity index (χ0v) is 52.9. The molecular weight excluding hydrogens is 1250 g/mol. The van der Waals surface area contributed by atoms with Crippen molar-refractivity contribution in [3.8, 4) is 57.0 Å². The molecule has 0 aliphatic carbocycles. The van der Waals surface area contributed by atoms with E-state index in [1.165, 1.54) is 47.2 Å². The van der Waals surface area contributed by atoms with E-state index in [0.717, 1.165) is 50.8 Å². The number of methoxy groups -OCH3 is 4. The minimum absolute atomic E-state index is 0.0799. The van der Waals surface area contributed by atoms with Gasteiger partial charge in [-0.25, -0.2) is 29.9 Å². The molecule has 0 radical (unpaired) electrons. The number of carbonyl (C=O) groups is 2. The summed E-state index contributed by atoms with van der Waals surface area (Å²) >= 11 is 31.0. The first kappa shape index (κ1) is 66.1. The number of nitrogens with two attached hydrogens (primary N) is 1. The molecule has 464 valence electrons. The lowest BCUT2D eigenvalue weighted by atomic mass is 10.1. The van der Waals surface area contributed by atoms with Gasteiger partial charge in [0.1, 0.15) is 103 Å². The van der Waals surface area contributed by atoms with Gasteiger partial charge >= 0.3 is 0 Å². The lowest BCUT2D eigenvalue weighted by Gasteiger charge is -2.18. The Morgan fingerprint density at radius 2 is 0.989 bits per heavy atom. The van der Waals surface area contributed by atoms with Crippen molar-refractivity contribution in [1.82, 2.24) is 39.7 Å². The minimum atomic E-state index is -0.509. The van der Waals surface area contributed by atoms with E-state index in [-0.39, 0.29) is 38.2 Å². The second-order valence-electron chi connectivity index (χ2n) is 19.7. The number of ether oxygens (including phenoxy) is 6. The number of halogens is 5. The number of nitrogens with zero attached hydrogens (tertiary/aromatic N) is 8. The van der Waals surface area contributed by atoms with Crippen LogP contribution >= 0.6 is 58.0 Å². The van der Waals surface area contributed by atoms with Gasteiger partial charge in [-0.05, 0) is 99.2 Å². The van der Waals surface area contributed by atoms with Crippen molar-refractivity contribution in [2.24, 2.45) is 0 Å². The van der Waals surface area contributed by atoms with Crippen LogP contribution < -0.4 is 60.7 Å². The van der Waals surface area contributed by atoms with E-state index in [0.29, 0.717) is 109 Å². The molecule has 2 atom stereocenters. The van der Waals surface area contributed by atoms with Crippen LogP contribution in [0.15, 0.2) is 135 Å². The number of allylic oxidation sites excluding steroid dienone is 1. The van der Waals surface area contributed by atoms with Gasteiger partial charge in [-0.1, -0.05) is 59.6 Å². The maximum Gasteiger partial charge on any atom is 0.247 e. The Bertz CT molecular complexity index is 3800. The predicted molar refractivity (Wildman–Crippen MR) is 353 cm³/mol. The maximum absolute atomic E-state index is 12.3. The lowest BCUT2D eigenvalue weighted by Crippen LogP contribution is -2.21. The number of likely N-dealkylation sites (N-methyl/N-ethyl adjacent to an activating group) is 2. The van der Waals surface area contributed by atoms with Crippen LogP contribution in [-0.2, 0) is 9.59 Å². The summed E-state index contributed by atoms with van der Waals surface area (Å²) in [6, 6.07) is 25.2. The highest BCUT2D eigenvalue weighted by Crippen LogP contribution is 2.48. The van der Waals surface area contributed by atoms with Crippen molar-refractivity contribution >= 4 is 127 Å². The molecule has 6 heterocycles. The van der Waals surface area contributed by atoms with Crippen LogP contribution in [0.4, 0.5) is 57.4 Å².